The van der Waals surface area contributed by atoms with E-state index in [-0.39, 0.29) is 23.4 Å². The number of nitrogens with one attached hydrogen (secondary N) is 1. The number of likely N-dealkylation sites (tertiary alicyclic amines) is 1. The summed E-state index contributed by atoms with van der Waals surface area (Å²) in [5.74, 6) is 1.24. The normalized spacial score (nSPS) is 12.9. The summed E-state index contributed by atoms with van der Waals surface area (Å²) in [6.45, 7) is 6.31. The fourth-order valence-corrected chi connectivity index (χ4v) is 4.61. The van der Waals surface area contributed by atoms with Gasteiger partial charge in [0.15, 0.2) is 11.5 Å². The molecule has 4 heterocycles. The number of anilines is 2. The Bertz CT molecular complexity index is 1830. The molecule has 1 N–H and O–H groups in total. The molecule has 2 aromatic carbocycles. The zero-order chi connectivity index (χ0) is 29.9. The number of nitrogens with zero attached hydrogens (tertiary/aromatic N) is 5. The number of carbonyl (C=O) groups excluding carboxylic acids is 1. The lowest BCUT2D eigenvalue weighted by Crippen LogP contribution is -2.55. The summed E-state index contributed by atoms with van der Waals surface area (Å²) in [6.07, 6.45) is 5.87. The molecular formula is C32H27FN6O4. The fraction of sp³-hybridized carbons (Fsp3) is 0.156. The Labute approximate surface area is 246 Å². The Hall–Kier alpha value is -5.58. The maximum Gasteiger partial charge on any atom is 0.246 e. The number of halogens is 1. The fourth-order valence-electron chi connectivity index (χ4n) is 4.61. The van der Waals surface area contributed by atoms with Gasteiger partial charge in [0.05, 0.1) is 31.4 Å². The zero-order valence-corrected chi connectivity index (χ0v) is 23.5. The van der Waals surface area contributed by atoms with Crippen LogP contribution in [-0.4, -0.2) is 57.0 Å². The first kappa shape index (κ1) is 27.6. The Kier molecular flexibility index (Phi) is 7.52. The molecule has 11 heteroatoms. The number of fused-ring (bicyclic) bond motifs is 1. The zero-order valence-electron chi connectivity index (χ0n) is 23.5. The minimum atomic E-state index is -0.547. The summed E-state index contributed by atoms with van der Waals surface area (Å²) in [5.41, 5.74) is 3.49. The number of amides is 1. The van der Waals surface area contributed by atoms with Crippen LogP contribution < -0.4 is 19.5 Å². The van der Waals surface area contributed by atoms with Crippen LogP contribution in [0.3, 0.4) is 0 Å². The highest BCUT2D eigenvalue weighted by atomic mass is 19.1. The smallest absolute Gasteiger partial charge is 0.246 e. The number of hydrogen-bond donors (Lipinski definition) is 1. The van der Waals surface area contributed by atoms with Gasteiger partial charge in [0.25, 0.3) is 0 Å². The number of pyridine rings is 2. The van der Waals surface area contributed by atoms with Crippen molar-refractivity contribution in [1.82, 2.24) is 24.8 Å². The number of carbonyl (C=O) groups is 1. The van der Waals surface area contributed by atoms with E-state index in [1.165, 1.54) is 25.6 Å². The van der Waals surface area contributed by atoms with Crippen molar-refractivity contribution in [1.29, 1.82) is 0 Å². The second-order valence-electron chi connectivity index (χ2n) is 9.87. The molecular weight excluding hydrogens is 551 g/mol. The van der Waals surface area contributed by atoms with Crippen molar-refractivity contribution in [3.8, 4) is 34.3 Å². The van der Waals surface area contributed by atoms with Gasteiger partial charge in [-0.2, -0.15) is 0 Å². The van der Waals surface area contributed by atoms with E-state index in [0.29, 0.717) is 47.2 Å². The van der Waals surface area contributed by atoms with Crippen molar-refractivity contribution < 1.29 is 23.4 Å². The van der Waals surface area contributed by atoms with Gasteiger partial charge in [-0.15, -0.1) is 0 Å². The number of benzene rings is 2. The third kappa shape index (κ3) is 5.91. The summed E-state index contributed by atoms with van der Waals surface area (Å²) < 4.78 is 32.8. The van der Waals surface area contributed by atoms with Gasteiger partial charge in [0.2, 0.25) is 11.8 Å². The molecule has 3 aromatic heterocycles. The second kappa shape index (κ2) is 11.7. The Balaban J connectivity index is 1.20. The quantitative estimate of drug-likeness (QED) is 0.215. The molecule has 1 fully saturated rings. The first-order valence-electron chi connectivity index (χ1n) is 13.4. The minimum absolute atomic E-state index is 0.145. The van der Waals surface area contributed by atoms with E-state index in [1.807, 2.05) is 25.1 Å². The van der Waals surface area contributed by atoms with Crippen LogP contribution in [0.1, 0.15) is 5.69 Å². The predicted octanol–water partition coefficient (Wildman–Crippen LogP) is 5.85. The maximum atomic E-state index is 15.3. The van der Waals surface area contributed by atoms with E-state index in [2.05, 4.69) is 31.8 Å². The predicted molar refractivity (Wildman–Crippen MR) is 159 cm³/mol. The number of ether oxygens (including phenoxy) is 3. The molecule has 0 radical (unpaired) electrons. The molecule has 10 nitrogen and oxygen atoms in total. The molecule has 0 saturated carbocycles. The third-order valence-electron chi connectivity index (χ3n) is 6.94. The molecule has 216 valence electrons. The summed E-state index contributed by atoms with van der Waals surface area (Å²) in [5, 5.41) is 3.65. The van der Waals surface area contributed by atoms with E-state index in [0.717, 1.165) is 16.8 Å². The monoisotopic (exact) mass is 578 g/mol. The van der Waals surface area contributed by atoms with Gasteiger partial charge < -0.3 is 24.4 Å². The van der Waals surface area contributed by atoms with Gasteiger partial charge in [0.1, 0.15) is 29.8 Å². The first-order valence-corrected chi connectivity index (χ1v) is 13.4. The minimum Gasteiger partial charge on any atom is -0.493 e. The number of methoxy groups -OCH3 is 1. The Morgan fingerprint density at radius 3 is 2.63 bits per heavy atom. The van der Waals surface area contributed by atoms with Crippen molar-refractivity contribution in [2.45, 2.75) is 13.0 Å². The van der Waals surface area contributed by atoms with Crippen LogP contribution in [0.5, 0.6) is 23.1 Å². The van der Waals surface area contributed by atoms with Gasteiger partial charge >= 0.3 is 0 Å². The molecule has 0 unspecified atom stereocenters. The molecule has 0 bridgehead atoms. The van der Waals surface area contributed by atoms with Crippen LogP contribution in [0, 0.1) is 12.7 Å². The molecule has 1 amide bonds. The van der Waals surface area contributed by atoms with Gasteiger partial charge in [-0.25, -0.2) is 19.3 Å². The van der Waals surface area contributed by atoms with Crippen LogP contribution in [0.15, 0.2) is 86.0 Å². The van der Waals surface area contributed by atoms with Crippen LogP contribution in [0.4, 0.5) is 15.9 Å². The lowest BCUT2D eigenvalue weighted by molar-refractivity contribution is -0.134. The highest BCUT2D eigenvalue weighted by Gasteiger charge is 2.31. The number of aromatic nitrogens is 4. The Morgan fingerprint density at radius 2 is 1.88 bits per heavy atom. The molecule has 1 aliphatic rings. The van der Waals surface area contributed by atoms with Crippen molar-refractivity contribution in [3.63, 3.8) is 0 Å². The molecule has 5 aromatic rings. The topological polar surface area (TPSA) is 112 Å². The van der Waals surface area contributed by atoms with E-state index in [9.17, 15) is 4.79 Å². The largest absolute Gasteiger partial charge is 0.493 e. The lowest BCUT2D eigenvalue weighted by Gasteiger charge is -2.38. The molecule has 0 aliphatic carbocycles. The van der Waals surface area contributed by atoms with Crippen molar-refractivity contribution in [2.75, 3.05) is 25.5 Å². The van der Waals surface area contributed by atoms with Crippen molar-refractivity contribution >= 4 is 28.3 Å². The standard InChI is InChI=1S/C32H27FN6O4/c1-4-31(40)39-16-23(17-39)42-29-13-24-27(14-28(29)41-3)36-18-37-32(24)38-26-8-7-22(12-25(26)33)43-30-11-20(9-10-34-30)21-6-5-19(2)35-15-21/h4-15,18,23H,1,16-17H2,2-3H3,(H,36,37,38). The highest BCUT2D eigenvalue weighted by molar-refractivity contribution is 5.93. The van der Waals surface area contributed by atoms with Crippen molar-refractivity contribution in [2.24, 2.45) is 0 Å². The number of rotatable bonds is 9. The van der Waals surface area contributed by atoms with Gasteiger partial charge in [-0.1, -0.05) is 12.6 Å². The van der Waals surface area contributed by atoms with E-state index >= 15 is 4.39 Å². The van der Waals surface area contributed by atoms with E-state index < -0.39 is 5.82 Å². The average molecular weight is 579 g/mol. The van der Waals surface area contributed by atoms with E-state index in [4.69, 9.17) is 14.2 Å². The van der Waals surface area contributed by atoms with E-state index in [1.54, 1.807) is 47.6 Å². The first-order chi connectivity index (χ1) is 20.9. The van der Waals surface area contributed by atoms with Crippen LogP contribution in [0.25, 0.3) is 22.0 Å². The average Bonchev–Trinajstić information content (AvgIpc) is 3.00. The number of aryl methyl sites for hydroxylation is 1. The number of hydrogen-bond acceptors (Lipinski definition) is 9. The molecule has 1 aliphatic heterocycles. The highest BCUT2D eigenvalue weighted by Crippen LogP contribution is 2.37. The lowest BCUT2D eigenvalue weighted by atomic mass is 10.1. The van der Waals surface area contributed by atoms with Crippen LogP contribution in [-0.2, 0) is 4.79 Å². The van der Waals surface area contributed by atoms with Gasteiger partial charge in [0, 0.05) is 47.2 Å². The molecule has 1 saturated heterocycles. The third-order valence-corrected chi connectivity index (χ3v) is 6.94. The van der Waals surface area contributed by atoms with Gasteiger partial charge in [-0.05, 0) is 48.9 Å². The summed E-state index contributed by atoms with van der Waals surface area (Å²) >= 11 is 0. The van der Waals surface area contributed by atoms with Crippen LogP contribution >= 0.6 is 0 Å². The summed E-state index contributed by atoms with van der Waals surface area (Å²) in [4.78, 5) is 30.7. The Morgan fingerprint density at radius 1 is 1.02 bits per heavy atom. The van der Waals surface area contributed by atoms with Gasteiger partial charge in [-0.3, -0.25) is 9.78 Å². The molecule has 0 atom stereocenters. The maximum absolute atomic E-state index is 15.3. The van der Waals surface area contributed by atoms with Crippen molar-refractivity contribution in [3.05, 3.63) is 97.5 Å². The molecule has 43 heavy (non-hydrogen) atoms. The second-order valence-corrected chi connectivity index (χ2v) is 9.87. The molecule has 6 rings (SSSR count). The molecule has 0 spiro atoms. The summed E-state index contributed by atoms with van der Waals surface area (Å²) in [7, 11) is 1.53. The van der Waals surface area contributed by atoms with Crippen LogP contribution in [0.2, 0.25) is 0 Å². The SMILES string of the molecule is C=CC(=O)N1CC(Oc2cc3c(Nc4ccc(Oc5cc(-c6ccc(C)nc6)ccn5)cc4F)ncnc3cc2OC)C1. The summed E-state index contributed by atoms with van der Waals surface area (Å²) in [6, 6.07) is 15.5.